The van der Waals surface area contributed by atoms with E-state index in [-0.39, 0.29) is 16.4 Å². The third-order valence-corrected chi connectivity index (χ3v) is 9.27. The highest BCUT2D eigenvalue weighted by Gasteiger charge is 2.55. The van der Waals surface area contributed by atoms with Crippen molar-refractivity contribution >= 4 is 27.6 Å². The average molecular weight is 457 g/mol. The van der Waals surface area contributed by atoms with Gasteiger partial charge in [0.25, 0.3) is 5.65 Å². The molecule has 5 rings (SSSR count). The molecule has 0 fully saturated rings. The number of aromatic nitrogens is 3. The van der Waals surface area contributed by atoms with Crippen LogP contribution < -0.4 is 4.57 Å². The van der Waals surface area contributed by atoms with Gasteiger partial charge in [0.1, 0.15) is 5.54 Å². The lowest BCUT2D eigenvalue weighted by molar-refractivity contribution is -0.728. The summed E-state index contributed by atoms with van der Waals surface area (Å²) in [6.45, 7) is 21.2. The molecule has 3 aromatic heterocycles. The lowest BCUT2D eigenvalue weighted by Gasteiger charge is -2.47. The maximum atomic E-state index is 5.23. The van der Waals surface area contributed by atoms with Crippen molar-refractivity contribution in [3.63, 3.8) is 0 Å². The van der Waals surface area contributed by atoms with Gasteiger partial charge in [-0.05, 0) is 74.4 Å². The second-order valence-corrected chi connectivity index (χ2v) is 12.1. The highest BCUT2D eigenvalue weighted by Crippen LogP contribution is 2.50. The Balaban J connectivity index is 2.01. The van der Waals surface area contributed by atoms with Crippen LogP contribution in [0.25, 0.3) is 27.6 Å². The number of hydrogen-bond acceptors (Lipinski definition) is 1. The minimum Gasteiger partial charge on any atom is -0.252 e. The van der Waals surface area contributed by atoms with Crippen molar-refractivity contribution in [1.82, 2.24) is 9.38 Å². The third-order valence-electron chi connectivity index (χ3n) is 9.27. The zero-order chi connectivity index (χ0) is 24.6. The molecule has 34 heavy (non-hydrogen) atoms. The smallest absolute Gasteiger partial charge is 0.252 e. The van der Waals surface area contributed by atoms with Gasteiger partial charge in [-0.2, -0.15) is 4.40 Å². The van der Waals surface area contributed by atoms with Gasteiger partial charge < -0.3 is 0 Å². The van der Waals surface area contributed by atoms with Crippen LogP contribution in [0.4, 0.5) is 0 Å². The molecule has 2 unspecified atom stereocenters. The van der Waals surface area contributed by atoms with E-state index in [0.29, 0.717) is 0 Å². The van der Waals surface area contributed by atoms with E-state index in [9.17, 15) is 0 Å². The molecule has 4 aromatic rings. The summed E-state index contributed by atoms with van der Waals surface area (Å²) in [7, 11) is 0. The maximum Gasteiger partial charge on any atom is 0.297 e. The summed E-state index contributed by atoms with van der Waals surface area (Å²) in [5.41, 5.74) is 10.7. The van der Waals surface area contributed by atoms with E-state index in [4.69, 9.17) is 4.98 Å². The Bertz CT molecular complexity index is 1430. The first-order valence-corrected chi connectivity index (χ1v) is 13.4. The van der Waals surface area contributed by atoms with Crippen LogP contribution in [0.1, 0.15) is 103 Å². The van der Waals surface area contributed by atoms with Crippen molar-refractivity contribution in [3.8, 4) is 0 Å². The summed E-state index contributed by atoms with van der Waals surface area (Å²) >= 11 is 0. The van der Waals surface area contributed by atoms with Crippen LogP contribution in [0.3, 0.4) is 0 Å². The Labute approximate surface area is 205 Å². The van der Waals surface area contributed by atoms with E-state index in [2.05, 4.69) is 102 Å². The topological polar surface area (TPSA) is 21.2 Å². The number of unbranched alkanes of at least 4 members (excludes halogenated alkanes) is 1. The van der Waals surface area contributed by atoms with Crippen LogP contribution in [0, 0.1) is 6.92 Å². The molecule has 2 atom stereocenters. The second-order valence-electron chi connectivity index (χ2n) is 12.1. The second kappa shape index (κ2) is 7.54. The molecule has 4 heterocycles. The van der Waals surface area contributed by atoms with Gasteiger partial charge in [0, 0.05) is 22.6 Å². The zero-order valence-corrected chi connectivity index (χ0v) is 22.8. The summed E-state index contributed by atoms with van der Waals surface area (Å²) in [6, 6.07) is 9.63. The highest BCUT2D eigenvalue weighted by atomic mass is 15.2. The average Bonchev–Trinajstić information content (AvgIpc) is 3.13. The fourth-order valence-corrected chi connectivity index (χ4v) is 6.49. The highest BCUT2D eigenvalue weighted by molar-refractivity contribution is 5.98. The number of pyridine rings is 2. The fourth-order valence-electron chi connectivity index (χ4n) is 6.49. The molecule has 0 amide bonds. The van der Waals surface area contributed by atoms with E-state index in [1.165, 1.54) is 57.3 Å². The van der Waals surface area contributed by atoms with Gasteiger partial charge in [0.15, 0.2) is 11.0 Å². The van der Waals surface area contributed by atoms with Gasteiger partial charge >= 0.3 is 0 Å². The number of benzene rings is 1. The molecule has 0 aliphatic carbocycles. The molecule has 0 N–H and O–H groups in total. The first kappa shape index (κ1) is 23.3. The summed E-state index contributed by atoms with van der Waals surface area (Å²) in [5, 5.41) is 1.34. The SMILES string of the molecule is CCCCc1cc2c(cc1C)[n+]1c3c4c(cc(C(C)(C)C)nc4ccn23)C(C)(CC)C1(C)CC. The minimum atomic E-state index is -0.0378. The zero-order valence-electron chi connectivity index (χ0n) is 22.8. The predicted molar refractivity (Wildman–Crippen MR) is 144 cm³/mol. The number of hydrogen-bond donors (Lipinski definition) is 0. The van der Waals surface area contributed by atoms with Gasteiger partial charge in [-0.1, -0.05) is 54.9 Å². The molecule has 1 aromatic carbocycles. The number of fused-ring (bicyclic) bond motifs is 3. The van der Waals surface area contributed by atoms with E-state index in [0.717, 1.165) is 24.8 Å². The Kier molecular flexibility index (Phi) is 5.17. The summed E-state index contributed by atoms with van der Waals surface area (Å²) in [5.74, 6) is 0. The summed E-state index contributed by atoms with van der Waals surface area (Å²) in [6.07, 6.45) is 8.06. The Morgan fingerprint density at radius 1 is 1.03 bits per heavy atom. The molecular weight excluding hydrogens is 414 g/mol. The molecule has 0 bridgehead atoms. The van der Waals surface area contributed by atoms with Crippen molar-refractivity contribution in [2.24, 2.45) is 0 Å². The monoisotopic (exact) mass is 456 g/mol. The van der Waals surface area contributed by atoms with Crippen molar-refractivity contribution in [1.29, 1.82) is 0 Å². The lowest BCUT2D eigenvalue weighted by Crippen LogP contribution is -2.66. The Hall–Kier alpha value is -2.42. The molecule has 3 heteroatoms. The maximum absolute atomic E-state index is 5.23. The predicted octanol–water partition coefficient (Wildman–Crippen LogP) is 7.68. The minimum absolute atomic E-state index is 0.00548. The number of imidazole rings is 1. The molecule has 1 aliphatic heterocycles. The summed E-state index contributed by atoms with van der Waals surface area (Å²) in [4.78, 5) is 5.23. The molecule has 180 valence electrons. The molecule has 0 radical (unpaired) electrons. The van der Waals surface area contributed by atoms with Crippen LogP contribution in [0.5, 0.6) is 0 Å². The Morgan fingerprint density at radius 3 is 2.38 bits per heavy atom. The van der Waals surface area contributed by atoms with Crippen molar-refractivity contribution < 1.29 is 4.57 Å². The van der Waals surface area contributed by atoms with Gasteiger partial charge in [0.05, 0.1) is 17.1 Å². The van der Waals surface area contributed by atoms with Crippen molar-refractivity contribution in [2.75, 3.05) is 0 Å². The van der Waals surface area contributed by atoms with Gasteiger partial charge in [-0.15, -0.1) is 0 Å². The van der Waals surface area contributed by atoms with E-state index in [1.54, 1.807) is 0 Å². The van der Waals surface area contributed by atoms with Crippen molar-refractivity contribution in [2.45, 2.75) is 111 Å². The van der Waals surface area contributed by atoms with Crippen LogP contribution in [-0.4, -0.2) is 9.38 Å². The van der Waals surface area contributed by atoms with E-state index in [1.807, 2.05) is 0 Å². The Morgan fingerprint density at radius 2 is 1.76 bits per heavy atom. The van der Waals surface area contributed by atoms with E-state index < -0.39 is 0 Å². The van der Waals surface area contributed by atoms with E-state index >= 15 is 0 Å². The quantitative estimate of drug-likeness (QED) is 0.282. The molecular formula is C31H42N3+. The largest absolute Gasteiger partial charge is 0.297 e. The number of aryl methyl sites for hydroxylation is 2. The van der Waals surface area contributed by atoms with Crippen LogP contribution in [0.2, 0.25) is 0 Å². The molecule has 3 nitrogen and oxygen atoms in total. The number of rotatable bonds is 5. The normalized spacial score (nSPS) is 22.5. The molecule has 1 aliphatic rings. The number of nitrogens with zero attached hydrogens (tertiary/aromatic N) is 3. The van der Waals surface area contributed by atoms with Crippen LogP contribution in [0.15, 0.2) is 30.5 Å². The fraction of sp³-hybridized carbons (Fsp3) is 0.548. The van der Waals surface area contributed by atoms with Crippen LogP contribution in [-0.2, 0) is 22.8 Å². The van der Waals surface area contributed by atoms with Crippen LogP contribution >= 0.6 is 0 Å². The molecule has 0 saturated carbocycles. The lowest BCUT2D eigenvalue weighted by atomic mass is 9.61. The summed E-state index contributed by atoms with van der Waals surface area (Å²) < 4.78 is 5.15. The van der Waals surface area contributed by atoms with Crippen molar-refractivity contribution in [3.05, 3.63) is 52.8 Å². The molecule has 0 saturated heterocycles. The molecule has 0 spiro atoms. The third kappa shape index (κ3) is 2.88. The van der Waals surface area contributed by atoms with Gasteiger partial charge in [-0.25, -0.2) is 4.57 Å². The van der Waals surface area contributed by atoms with Gasteiger partial charge in [0.2, 0.25) is 0 Å². The first-order chi connectivity index (χ1) is 16.0. The standard InChI is InChI=1S/C31H42N3/c1-10-13-14-21-18-24-25(17-20(21)4)34-28-27-22(30(8,11-2)31(34,9)12-3)19-26(29(5,6)7)32-23(27)15-16-33(24)28/h15-19H,10-14H2,1-9H3/q+1. The first-order valence-electron chi connectivity index (χ1n) is 13.4. The van der Waals surface area contributed by atoms with Gasteiger partial charge in [-0.3, -0.25) is 4.98 Å².